The number of hydrogen-bond donors (Lipinski definition) is 0. The number of likely N-dealkylation sites (tertiary alicyclic amines) is 1. The van der Waals surface area contributed by atoms with Crippen LogP contribution < -0.4 is 5.56 Å². The Morgan fingerprint density at radius 1 is 1.19 bits per heavy atom. The van der Waals surface area contributed by atoms with Crippen LogP contribution in [-0.2, 0) is 19.4 Å². The van der Waals surface area contributed by atoms with Gasteiger partial charge in [-0.25, -0.2) is 9.07 Å². The molecule has 0 unspecified atom stereocenters. The van der Waals surface area contributed by atoms with Gasteiger partial charge in [0.1, 0.15) is 5.82 Å². The number of hydrogen-bond acceptors (Lipinski definition) is 3. The van der Waals surface area contributed by atoms with Crippen molar-refractivity contribution < 1.29 is 9.18 Å². The zero-order valence-corrected chi connectivity index (χ0v) is 14.7. The molecule has 1 fully saturated rings. The average Bonchev–Trinajstić information content (AvgIpc) is 3.09. The van der Waals surface area contributed by atoms with E-state index in [9.17, 15) is 14.0 Å². The molecule has 1 amide bonds. The summed E-state index contributed by atoms with van der Waals surface area (Å²) in [5, 5.41) is 4.53. The summed E-state index contributed by atoms with van der Waals surface area (Å²) in [5.41, 5.74) is 2.24. The number of aryl methyl sites for hydroxylation is 2. The van der Waals surface area contributed by atoms with E-state index in [1.807, 2.05) is 0 Å². The van der Waals surface area contributed by atoms with E-state index in [0.717, 1.165) is 43.4 Å². The van der Waals surface area contributed by atoms with Crippen LogP contribution in [-0.4, -0.2) is 33.7 Å². The first-order chi connectivity index (χ1) is 12.6. The number of carbonyl (C=O) groups excluding carboxylic acids is 1. The van der Waals surface area contributed by atoms with Crippen LogP contribution in [0, 0.1) is 11.7 Å². The van der Waals surface area contributed by atoms with Crippen molar-refractivity contribution in [2.24, 2.45) is 5.92 Å². The number of fused-ring (bicyclic) bond motifs is 1. The van der Waals surface area contributed by atoms with Gasteiger partial charge in [0.2, 0.25) is 0 Å². The minimum atomic E-state index is -0.478. The van der Waals surface area contributed by atoms with Crippen LogP contribution in [0.1, 0.15) is 40.9 Å². The number of rotatable bonds is 3. The maximum Gasteiger partial charge on any atom is 0.267 e. The van der Waals surface area contributed by atoms with Gasteiger partial charge in [0.25, 0.3) is 11.5 Å². The first kappa shape index (κ1) is 16.9. The lowest BCUT2D eigenvalue weighted by Gasteiger charge is -2.32. The van der Waals surface area contributed by atoms with Gasteiger partial charge in [-0.15, -0.1) is 0 Å². The molecule has 1 aliphatic heterocycles. The lowest BCUT2D eigenvalue weighted by Crippen LogP contribution is -2.40. The Morgan fingerprint density at radius 3 is 2.73 bits per heavy atom. The van der Waals surface area contributed by atoms with Gasteiger partial charge >= 0.3 is 0 Å². The lowest BCUT2D eigenvalue weighted by atomic mass is 9.96. The third kappa shape index (κ3) is 3.28. The van der Waals surface area contributed by atoms with E-state index in [0.29, 0.717) is 25.6 Å². The van der Waals surface area contributed by atoms with Crippen molar-refractivity contribution in [3.8, 4) is 0 Å². The van der Waals surface area contributed by atoms with Crippen molar-refractivity contribution in [3.05, 3.63) is 63.3 Å². The van der Waals surface area contributed by atoms with Gasteiger partial charge in [0, 0.05) is 25.7 Å². The van der Waals surface area contributed by atoms with E-state index in [4.69, 9.17) is 0 Å². The molecular formula is C20H22FN3O2. The molecule has 1 aromatic carbocycles. The van der Waals surface area contributed by atoms with Crippen molar-refractivity contribution in [1.82, 2.24) is 14.7 Å². The largest absolute Gasteiger partial charge is 0.339 e. The van der Waals surface area contributed by atoms with Gasteiger partial charge in [0.15, 0.2) is 0 Å². The fraction of sp³-hybridized carbons (Fsp3) is 0.450. The fourth-order valence-electron chi connectivity index (χ4n) is 3.94. The van der Waals surface area contributed by atoms with Crippen molar-refractivity contribution >= 4 is 5.91 Å². The summed E-state index contributed by atoms with van der Waals surface area (Å²) in [6, 6.07) is 7.82. The molecule has 2 aromatic rings. The normalized spacial score (nSPS) is 17.3. The number of amides is 1. The maximum atomic E-state index is 13.8. The zero-order chi connectivity index (χ0) is 18.1. The molecule has 2 heterocycles. The first-order valence-corrected chi connectivity index (χ1v) is 9.25. The Morgan fingerprint density at radius 2 is 1.96 bits per heavy atom. The molecule has 0 spiro atoms. The second-order valence-corrected chi connectivity index (χ2v) is 7.21. The summed E-state index contributed by atoms with van der Waals surface area (Å²) in [4.78, 5) is 26.4. The third-order valence-corrected chi connectivity index (χ3v) is 5.46. The Labute approximate surface area is 151 Å². The van der Waals surface area contributed by atoms with Gasteiger partial charge in [-0.2, -0.15) is 5.10 Å². The molecule has 5 nitrogen and oxygen atoms in total. The molecule has 0 radical (unpaired) electrons. The van der Waals surface area contributed by atoms with E-state index in [1.54, 1.807) is 27.8 Å². The molecule has 0 saturated carbocycles. The zero-order valence-electron chi connectivity index (χ0n) is 14.7. The van der Waals surface area contributed by atoms with E-state index in [2.05, 4.69) is 5.10 Å². The smallest absolute Gasteiger partial charge is 0.267 e. The molecule has 0 atom stereocenters. The lowest BCUT2D eigenvalue weighted by molar-refractivity contribution is 0.0675. The standard InChI is InChI=1S/C20H22FN3O2/c21-17-6-2-1-5-16(17)20(26)23-10-8-14(9-11-23)13-24-19(25)12-15-4-3-7-18(15)22-24/h1-2,5-6,12,14H,3-4,7-11,13H2. The Bertz CT molecular complexity index is 885. The van der Waals surface area contributed by atoms with Gasteiger partial charge in [0.05, 0.1) is 11.3 Å². The van der Waals surface area contributed by atoms with Crippen LogP contribution in [0.3, 0.4) is 0 Å². The van der Waals surface area contributed by atoms with E-state index in [-0.39, 0.29) is 17.0 Å². The molecule has 0 bridgehead atoms. The molecule has 136 valence electrons. The van der Waals surface area contributed by atoms with Crippen LogP contribution in [0.15, 0.2) is 35.1 Å². The Hall–Kier alpha value is -2.50. The van der Waals surface area contributed by atoms with Crippen molar-refractivity contribution in [3.63, 3.8) is 0 Å². The number of benzene rings is 1. The molecular weight excluding hydrogens is 333 g/mol. The molecule has 1 aliphatic carbocycles. The Kier molecular flexibility index (Phi) is 4.57. The van der Waals surface area contributed by atoms with Crippen LogP contribution in [0.4, 0.5) is 4.39 Å². The average molecular weight is 355 g/mol. The van der Waals surface area contributed by atoms with Crippen molar-refractivity contribution in [2.75, 3.05) is 13.1 Å². The van der Waals surface area contributed by atoms with Gasteiger partial charge < -0.3 is 4.90 Å². The van der Waals surface area contributed by atoms with Crippen LogP contribution in [0.2, 0.25) is 0 Å². The quantitative estimate of drug-likeness (QED) is 0.850. The molecule has 1 aromatic heterocycles. The summed E-state index contributed by atoms with van der Waals surface area (Å²) < 4.78 is 15.4. The predicted octanol–water partition coefficient (Wildman–Crippen LogP) is 2.42. The maximum absolute atomic E-state index is 13.8. The summed E-state index contributed by atoms with van der Waals surface area (Å²) in [5.74, 6) is -0.424. The van der Waals surface area contributed by atoms with Crippen LogP contribution in [0.25, 0.3) is 0 Å². The molecule has 6 heteroatoms. The second kappa shape index (κ2) is 7.02. The van der Waals surface area contributed by atoms with E-state index in [1.165, 1.54) is 12.1 Å². The first-order valence-electron chi connectivity index (χ1n) is 9.25. The number of piperidine rings is 1. The molecule has 26 heavy (non-hydrogen) atoms. The summed E-state index contributed by atoms with van der Waals surface area (Å²) in [6.07, 6.45) is 4.57. The molecule has 4 rings (SSSR count). The monoisotopic (exact) mass is 355 g/mol. The number of nitrogens with zero attached hydrogens (tertiary/aromatic N) is 3. The van der Waals surface area contributed by atoms with Gasteiger partial charge in [-0.1, -0.05) is 12.1 Å². The Balaban J connectivity index is 1.39. The molecule has 1 saturated heterocycles. The van der Waals surface area contributed by atoms with Gasteiger partial charge in [-0.05, 0) is 55.7 Å². The van der Waals surface area contributed by atoms with E-state index >= 15 is 0 Å². The molecule has 2 aliphatic rings. The van der Waals surface area contributed by atoms with Crippen LogP contribution in [0.5, 0.6) is 0 Å². The number of halogens is 1. The minimum Gasteiger partial charge on any atom is -0.339 e. The third-order valence-electron chi connectivity index (χ3n) is 5.46. The predicted molar refractivity (Wildman–Crippen MR) is 95.5 cm³/mol. The molecule has 0 N–H and O–H groups in total. The highest BCUT2D eigenvalue weighted by atomic mass is 19.1. The number of aromatic nitrogens is 2. The highest BCUT2D eigenvalue weighted by molar-refractivity contribution is 5.94. The van der Waals surface area contributed by atoms with Crippen molar-refractivity contribution in [2.45, 2.75) is 38.6 Å². The minimum absolute atomic E-state index is 0.0319. The number of carbonyl (C=O) groups is 1. The fourth-order valence-corrected chi connectivity index (χ4v) is 3.94. The summed E-state index contributed by atoms with van der Waals surface area (Å²) in [6.45, 7) is 1.75. The topological polar surface area (TPSA) is 55.2 Å². The SMILES string of the molecule is O=C(c1ccccc1F)N1CCC(Cn2nc3c(cc2=O)CCC3)CC1. The summed E-state index contributed by atoms with van der Waals surface area (Å²) >= 11 is 0. The summed E-state index contributed by atoms with van der Waals surface area (Å²) in [7, 11) is 0. The van der Waals surface area contributed by atoms with E-state index < -0.39 is 5.82 Å². The highest BCUT2D eigenvalue weighted by Crippen LogP contribution is 2.22. The van der Waals surface area contributed by atoms with Crippen molar-refractivity contribution in [1.29, 1.82) is 0 Å². The highest BCUT2D eigenvalue weighted by Gasteiger charge is 2.26. The van der Waals surface area contributed by atoms with Crippen LogP contribution >= 0.6 is 0 Å². The second-order valence-electron chi connectivity index (χ2n) is 7.21. The van der Waals surface area contributed by atoms with Gasteiger partial charge in [-0.3, -0.25) is 9.59 Å².